The lowest BCUT2D eigenvalue weighted by molar-refractivity contribution is 0.410. The van der Waals surface area contributed by atoms with E-state index >= 15 is 0 Å². The summed E-state index contributed by atoms with van der Waals surface area (Å²) in [6, 6.07) is 6.43. The van der Waals surface area contributed by atoms with Gasteiger partial charge in [0.2, 0.25) is 0 Å². The lowest BCUT2D eigenvalue weighted by Crippen LogP contribution is -2.19. The molecule has 2 aromatic rings. The van der Waals surface area contributed by atoms with Crippen molar-refractivity contribution >= 4 is 0 Å². The molecule has 1 unspecified atom stereocenters. The number of halogens is 1. The van der Waals surface area contributed by atoms with Crippen LogP contribution in [0.4, 0.5) is 4.39 Å². The van der Waals surface area contributed by atoms with Gasteiger partial charge in [0.1, 0.15) is 11.6 Å². The van der Waals surface area contributed by atoms with E-state index in [2.05, 4.69) is 10.4 Å². The van der Waals surface area contributed by atoms with E-state index in [1.807, 2.05) is 19.3 Å². The molecule has 0 radical (unpaired) electrons. The number of aryl methyl sites for hydroxylation is 1. The summed E-state index contributed by atoms with van der Waals surface area (Å²) in [4.78, 5) is 0. The molecule has 1 atom stereocenters. The predicted octanol–water partition coefficient (Wildman–Crippen LogP) is 1.88. The third-order valence-electron chi connectivity index (χ3n) is 2.84. The first-order chi connectivity index (χ1) is 8.65. The van der Waals surface area contributed by atoms with Crippen molar-refractivity contribution in [3.8, 4) is 5.75 Å². The van der Waals surface area contributed by atoms with E-state index in [0.717, 1.165) is 5.69 Å². The average molecular weight is 249 g/mol. The van der Waals surface area contributed by atoms with Gasteiger partial charge in [0.15, 0.2) is 0 Å². The molecule has 0 fully saturated rings. The molecule has 0 aliphatic heterocycles. The Morgan fingerprint density at radius 3 is 2.67 bits per heavy atom. The molecular formula is C13H16FN3O. The van der Waals surface area contributed by atoms with Gasteiger partial charge in [0.25, 0.3) is 0 Å². The minimum Gasteiger partial charge on any atom is -0.497 e. The first-order valence-electron chi connectivity index (χ1n) is 5.66. The van der Waals surface area contributed by atoms with Crippen molar-refractivity contribution in [1.29, 1.82) is 0 Å². The maximum atomic E-state index is 14.0. The predicted molar refractivity (Wildman–Crippen MR) is 67.1 cm³/mol. The molecule has 0 bridgehead atoms. The minimum atomic E-state index is -0.306. The van der Waals surface area contributed by atoms with Gasteiger partial charge in [-0.3, -0.25) is 4.68 Å². The number of rotatable bonds is 4. The molecular weight excluding hydrogens is 233 g/mol. The zero-order valence-electron chi connectivity index (χ0n) is 10.6. The van der Waals surface area contributed by atoms with E-state index in [0.29, 0.717) is 11.3 Å². The Labute approximate surface area is 105 Å². The van der Waals surface area contributed by atoms with Gasteiger partial charge in [-0.25, -0.2) is 4.39 Å². The second-order valence-electron chi connectivity index (χ2n) is 4.02. The average Bonchev–Trinajstić information content (AvgIpc) is 2.78. The second kappa shape index (κ2) is 5.18. The molecule has 0 saturated heterocycles. The first-order valence-corrected chi connectivity index (χ1v) is 5.66. The van der Waals surface area contributed by atoms with Crippen LogP contribution in [0.15, 0.2) is 30.5 Å². The van der Waals surface area contributed by atoms with Crippen LogP contribution in [0.2, 0.25) is 0 Å². The summed E-state index contributed by atoms with van der Waals surface area (Å²) in [7, 11) is 5.13. The van der Waals surface area contributed by atoms with Crippen LogP contribution < -0.4 is 10.1 Å². The van der Waals surface area contributed by atoms with Gasteiger partial charge in [-0.2, -0.15) is 5.10 Å². The minimum absolute atomic E-state index is 0.267. The topological polar surface area (TPSA) is 39.1 Å². The van der Waals surface area contributed by atoms with Gasteiger partial charge in [0, 0.05) is 24.9 Å². The summed E-state index contributed by atoms with van der Waals surface area (Å²) in [5.41, 5.74) is 1.33. The van der Waals surface area contributed by atoms with Crippen LogP contribution in [-0.2, 0) is 7.05 Å². The summed E-state index contributed by atoms with van der Waals surface area (Å²) in [6.07, 6.45) is 1.83. The summed E-state index contributed by atoms with van der Waals surface area (Å²) in [5.74, 6) is 0.200. The fraction of sp³-hybridized carbons (Fsp3) is 0.308. The van der Waals surface area contributed by atoms with Crippen molar-refractivity contribution < 1.29 is 9.13 Å². The van der Waals surface area contributed by atoms with E-state index < -0.39 is 0 Å². The third-order valence-corrected chi connectivity index (χ3v) is 2.84. The Kier molecular flexibility index (Phi) is 3.62. The van der Waals surface area contributed by atoms with Crippen LogP contribution in [0.3, 0.4) is 0 Å². The number of nitrogens with zero attached hydrogens (tertiary/aromatic N) is 2. The van der Waals surface area contributed by atoms with E-state index in [-0.39, 0.29) is 11.9 Å². The van der Waals surface area contributed by atoms with Crippen molar-refractivity contribution in [2.75, 3.05) is 14.2 Å². The molecule has 1 heterocycles. The van der Waals surface area contributed by atoms with Crippen LogP contribution in [0.1, 0.15) is 17.3 Å². The molecule has 0 aliphatic carbocycles. The molecule has 1 N–H and O–H groups in total. The van der Waals surface area contributed by atoms with Gasteiger partial charge >= 0.3 is 0 Å². The lowest BCUT2D eigenvalue weighted by Gasteiger charge is -2.15. The van der Waals surface area contributed by atoms with Gasteiger partial charge in [-0.1, -0.05) is 6.07 Å². The molecule has 0 aliphatic rings. The highest BCUT2D eigenvalue weighted by molar-refractivity contribution is 5.34. The number of aromatic nitrogens is 2. The summed E-state index contributed by atoms with van der Waals surface area (Å²) >= 11 is 0. The number of hydrogen-bond acceptors (Lipinski definition) is 3. The molecule has 1 aromatic carbocycles. The first kappa shape index (κ1) is 12.6. The number of nitrogens with one attached hydrogen (secondary N) is 1. The third kappa shape index (κ3) is 2.36. The molecule has 5 heteroatoms. The van der Waals surface area contributed by atoms with Crippen molar-refractivity contribution in [2.45, 2.75) is 6.04 Å². The second-order valence-corrected chi connectivity index (χ2v) is 4.02. The lowest BCUT2D eigenvalue weighted by atomic mass is 10.0. The van der Waals surface area contributed by atoms with E-state index in [9.17, 15) is 4.39 Å². The molecule has 4 nitrogen and oxygen atoms in total. The van der Waals surface area contributed by atoms with Gasteiger partial charge in [0.05, 0.1) is 18.8 Å². The Bertz CT molecular complexity index is 539. The SMILES string of the molecule is CNC(c1ccn(C)n1)c1ccc(OC)cc1F. The molecule has 0 spiro atoms. The van der Waals surface area contributed by atoms with E-state index in [4.69, 9.17) is 4.74 Å². The van der Waals surface area contributed by atoms with Crippen LogP contribution in [0, 0.1) is 5.82 Å². The number of hydrogen-bond donors (Lipinski definition) is 1. The van der Waals surface area contributed by atoms with Crippen LogP contribution in [0.25, 0.3) is 0 Å². The number of ether oxygens (including phenoxy) is 1. The maximum Gasteiger partial charge on any atom is 0.132 e. The van der Waals surface area contributed by atoms with Crippen molar-refractivity contribution in [1.82, 2.24) is 15.1 Å². The number of methoxy groups -OCH3 is 1. The summed E-state index contributed by atoms with van der Waals surface area (Å²) < 4.78 is 20.7. The molecule has 0 amide bonds. The quantitative estimate of drug-likeness (QED) is 0.899. The van der Waals surface area contributed by atoms with Gasteiger partial charge in [-0.15, -0.1) is 0 Å². The fourth-order valence-electron chi connectivity index (χ4n) is 1.92. The fourth-order valence-corrected chi connectivity index (χ4v) is 1.92. The highest BCUT2D eigenvalue weighted by atomic mass is 19.1. The zero-order valence-corrected chi connectivity index (χ0v) is 10.6. The standard InChI is InChI=1S/C13H16FN3O/c1-15-13(12-6-7-17(2)16-12)10-5-4-9(18-3)8-11(10)14/h4-8,13,15H,1-3H3. The van der Waals surface area contributed by atoms with Crippen LogP contribution >= 0.6 is 0 Å². The smallest absolute Gasteiger partial charge is 0.132 e. The van der Waals surface area contributed by atoms with Gasteiger partial charge in [-0.05, 0) is 19.2 Å². The normalized spacial score (nSPS) is 12.4. The van der Waals surface area contributed by atoms with E-state index in [1.54, 1.807) is 23.9 Å². The Morgan fingerprint density at radius 2 is 2.17 bits per heavy atom. The summed E-state index contributed by atoms with van der Waals surface area (Å²) in [5, 5.41) is 7.37. The van der Waals surface area contributed by atoms with Crippen molar-refractivity contribution in [2.24, 2.45) is 7.05 Å². The summed E-state index contributed by atoms with van der Waals surface area (Å²) in [6.45, 7) is 0. The number of benzene rings is 1. The molecule has 2 rings (SSSR count). The molecule has 96 valence electrons. The molecule has 0 saturated carbocycles. The Balaban J connectivity index is 2.39. The van der Waals surface area contributed by atoms with E-state index in [1.165, 1.54) is 13.2 Å². The molecule has 1 aromatic heterocycles. The highest BCUT2D eigenvalue weighted by Gasteiger charge is 2.18. The van der Waals surface area contributed by atoms with Crippen molar-refractivity contribution in [3.63, 3.8) is 0 Å². The van der Waals surface area contributed by atoms with Gasteiger partial charge < -0.3 is 10.1 Å². The van der Waals surface area contributed by atoms with Crippen LogP contribution in [-0.4, -0.2) is 23.9 Å². The Hall–Kier alpha value is -1.88. The Morgan fingerprint density at radius 1 is 1.39 bits per heavy atom. The maximum absolute atomic E-state index is 14.0. The monoisotopic (exact) mass is 249 g/mol. The van der Waals surface area contributed by atoms with Crippen molar-refractivity contribution in [3.05, 3.63) is 47.5 Å². The highest BCUT2D eigenvalue weighted by Crippen LogP contribution is 2.25. The largest absolute Gasteiger partial charge is 0.497 e. The zero-order chi connectivity index (χ0) is 13.1. The molecule has 18 heavy (non-hydrogen) atoms. The van der Waals surface area contributed by atoms with Crippen LogP contribution in [0.5, 0.6) is 5.75 Å².